The van der Waals surface area contributed by atoms with E-state index < -0.39 is 11.7 Å². The average Bonchev–Trinajstić information content (AvgIpc) is 2.73. The Kier molecular flexibility index (Phi) is 6.02. The van der Waals surface area contributed by atoms with E-state index in [4.69, 9.17) is 9.47 Å². The number of likely N-dealkylation sites (tertiary alicyclic amines) is 1. The summed E-state index contributed by atoms with van der Waals surface area (Å²) >= 11 is 0. The summed E-state index contributed by atoms with van der Waals surface area (Å²) in [6.45, 7) is 11.2. The molecule has 1 amide bonds. The van der Waals surface area contributed by atoms with Crippen molar-refractivity contribution in [2.45, 2.75) is 71.5 Å². The Hall–Kier alpha value is -2.82. The number of hydrogen-bond donors (Lipinski definition) is 0. The Morgan fingerprint density at radius 1 is 1.06 bits per heavy atom. The molecule has 1 fully saturated rings. The zero-order chi connectivity index (χ0) is 23.0. The first kappa shape index (κ1) is 22.4. The molecule has 170 valence electrons. The van der Waals surface area contributed by atoms with Gasteiger partial charge in [0.05, 0.1) is 12.0 Å². The summed E-state index contributed by atoms with van der Waals surface area (Å²) < 4.78 is 12.3. The van der Waals surface area contributed by atoms with E-state index in [9.17, 15) is 9.59 Å². The number of Topliss-reactive ketones (excluding diaryl/α,β-unsaturated/α-hetero) is 1. The maximum Gasteiger partial charge on any atom is 0.263 e. The molecule has 2 aliphatic rings. The molecule has 0 N–H and O–H groups in total. The van der Waals surface area contributed by atoms with Gasteiger partial charge in [-0.1, -0.05) is 32.0 Å². The van der Waals surface area contributed by atoms with Crippen LogP contribution in [-0.2, 0) is 4.79 Å². The summed E-state index contributed by atoms with van der Waals surface area (Å²) in [5.41, 5.74) is 3.50. The first-order chi connectivity index (χ1) is 15.2. The van der Waals surface area contributed by atoms with Crippen molar-refractivity contribution in [3.05, 3.63) is 58.7 Å². The minimum Gasteiger partial charge on any atom is -0.486 e. The SMILES string of the molecule is Cc1cc(C)c2c(c1)OC1(CCN(C(=O)C(C)Oc3ccc(C(C)C)cc3)CC1)CC2=O. The molecule has 32 heavy (non-hydrogen) atoms. The van der Waals surface area contributed by atoms with Gasteiger partial charge in [0.15, 0.2) is 11.9 Å². The van der Waals surface area contributed by atoms with E-state index in [1.165, 1.54) is 5.56 Å². The monoisotopic (exact) mass is 435 g/mol. The number of carbonyl (C=O) groups is 2. The van der Waals surface area contributed by atoms with Crippen LogP contribution in [0.2, 0.25) is 0 Å². The smallest absolute Gasteiger partial charge is 0.263 e. The van der Waals surface area contributed by atoms with Crippen molar-refractivity contribution in [2.75, 3.05) is 13.1 Å². The lowest BCUT2D eigenvalue weighted by Crippen LogP contribution is -2.54. The summed E-state index contributed by atoms with van der Waals surface area (Å²) in [4.78, 5) is 27.7. The molecule has 2 aromatic rings. The highest BCUT2D eigenvalue weighted by Crippen LogP contribution is 2.41. The van der Waals surface area contributed by atoms with Gasteiger partial charge in [-0.25, -0.2) is 0 Å². The van der Waals surface area contributed by atoms with E-state index in [0.29, 0.717) is 55.3 Å². The molecule has 0 radical (unpaired) electrons. The number of piperidine rings is 1. The molecule has 1 atom stereocenters. The number of hydrogen-bond acceptors (Lipinski definition) is 4. The third-order valence-electron chi connectivity index (χ3n) is 6.73. The van der Waals surface area contributed by atoms with E-state index >= 15 is 0 Å². The lowest BCUT2D eigenvalue weighted by molar-refractivity contribution is -0.141. The zero-order valence-electron chi connectivity index (χ0n) is 19.7. The van der Waals surface area contributed by atoms with Crippen LogP contribution in [0.1, 0.15) is 73.0 Å². The summed E-state index contributed by atoms with van der Waals surface area (Å²) in [6, 6.07) is 11.9. The van der Waals surface area contributed by atoms with Gasteiger partial charge in [-0.2, -0.15) is 0 Å². The molecule has 1 unspecified atom stereocenters. The summed E-state index contributed by atoms with van der Waals surface area (Å²) in [7, 11) is 0. The van der Waals surface area contributed by atoms with E-state index in [1.54, 1.807) is 6.92 Å². The number of benzene rings is 2. The molecule has 4 rings (SSSR count). The first-order valence-electron chi connectivity index (χ1n) is 11.6. The van der Waals surface area contributed by atoms with Gasteiger partial charge in [0.25, 0.3) is 5.91 Å². The second-order valence-corrected chi connectivity index (χ2v) is 9.65. The van der Waals surface area contributed by atoms with Crippen LogP contribution < -0.4 is 9.47 Å². The average molecular weight is 436 g/mol. The van der Waals surface area contributed by atoms with E-state index in [-0.39, 0.29) is 11.7 Å². The number of aryl methyl sites for hydroxylation is 2. The fourth-order valence-corrected chi connectivity index (χ4v) is 4.87. The third kappa shape index (κ3) is 4.38. The first-order valence-corrected chi connectivity index (χ1v) is 11.6. The van der Waals surface area contributed by atoms with Gasteiger partial charge < -0.3 is 14.4 Å². The van der Waals surface area contributed by atoms with Crippen LogP contribution in [-0.4, -0.2) is 41.4 Å². The Labute approximate surface area is 190 Å². The number of amides is 1. The second kappa shape index (κ2) is 8.61. The van der Waals surface area contributed by atoms with Crippen molar-refractivity contribution in [1.29, 1.82) is 0 Å². The molecule has 5 heteroatoms. The largest absolute Gasteiger partial charge is 0.486 e. The van der Waals surface area contributed by atoms with Crippen LogP contribution in [0.3, 0.4) is 0 Å². The molecule has 1 spiro atoms. The molecule has 2 aromatic carbocycles. The Morgan fingerprint density at radius 2 is 1.72 bits per heavy atom. The number of ether oxygens (including phenoxy) is 2. The lowest BCUT2D eigenvalue weighted by atomic mass is 9.81. The van der Waals surface area contributed by atoms with Crippen molar-refractivity contribution in [3.63, 3.8) is 0 Å². The van der Waals surface area contributed by atoms with Crippen LogP contribution in [0.5, 0.6) is 11.5 Å². The quantitative estimate of drug-likeness (QED) is 0.661. The van der Waals surface area contributed by atoms with Gasteiger partial charge in [-0.15, -0.1) is 0 Å². The van der Waals surface area contributed by atoms with Crippen molar-refractivity contribution < 1.29 is 19.1 Å². The van der Waals surface area contributed by atoms with Crippen molar-refractivity contribution in [1.82, 2.24) is 4.90 Å². The highest BCUT2D eigenvalue weighted by atomic mass is 16.5. The van der Waals surface area contributed by atoms with E-state index in [1.807, 2.05) is 55.1 Å². The Bertz CT molecular complexity index is 1020. The standard InChI is InChI=1S/C27H33NO4/c1-17(2)21-6-8-22(9-7-21)31-20(5)26(30)28-12-10-27(11-13-28)16-23(29)25-19(4)14-18(3)15-24(25)32-27/h6-9,14-15,17,20H,10-13,16H2,1-5H3. The van der Waals surface area contributed by atoms with Crippen molar-refractivity contribution in [3.8, 4) is 11.5 Å². The molecule has 0 aliphatic carbocycles. The highest BCUT2D eigenvalue weighted by molar-refractivity contribution is 6.01. The Morgan fingerprint density at radius 3 is 2.34 bits per heavy atom. The van der Waals surface area contributed by atoms with Gasteiger partial charge in [-0.05, 0) is 61.6 Å². The van der Waals surface area contributed by atoms with Gasteiger partial charge in [0, 0.05) is 25.9 Å². The predicted octanol–water partition coefficient (Wildman–Crippen LogP) is 5.22. The molecular formula is C27H33NO4. The van der Waals surface area contributed by atoms with E-state index in [0.717, 1.165) is 11.1 Å². The lowest BCUT2D eigenvalue weighted by Gasteiger charge is -2.44. The van der Waals surface area contributed by atoms with Crippen LogP contribution in [0, 0.1) is 13.8 Å². The predicted molar refractivity (Wildman–Crippen MR) is 125 cm³/mol. The van der Waals surface area contributed by atoms with Gasteiger partial charge >= 0.3 is 0 Å². The Balaban J connectivity index is 1.38. The maximum absolute atomic E-state index is 13.0. The molecule has 0 aromatic heterocycles. The number of ketones is 1. The molecule has 0 saturated carbocycles. The highest BCUT2D eigenvalue weighted by Gasteiger charge is 2.44. The van der Waals surface area contributed by atoms with Crippen LogP contribution in [0.15, 0.2) is 36.4 Å². The molecule has 0 bridgehead atoms. The minimum atomic E-state index is -0.561. The van der Waals surface area contributed by atoms with Gasteiger partial charge in [0.2, 0.25) is 0 Å². The summed E-state index contributed by atoms with van der Waals surface area (Å²) in [6.07, 6.45) is 1.11. The fourth-order valence-electron chi connectivity index (χ4n) is 4.87. The molecule has 1 saturated heterocycles. The maximum atomic E-state index is 13.0. The minimum absolute atomic E-state index is 0.0259. The number of fused-ring (bicyclic) bond motifs is 1. The van der Waals surface area contributed by atoms with Gasteiger partial charge in [0.1, 0.15) is 17.1 Å². The number of carbonyl (C=O) groups excluding carboxylic acids is 2. The number of rotatable bonds is 4. The molecular weight excluding hydrogens is 402 g/mol. The second-order valence-electron chi connectivity index (χ2n) is 9.65. The summed E-state index contributed by atoms with van der Waals surface area (Å²) in [5, 5.41) is 0. The van der Waals surface area contributed by atoms with Crippen molar-refractivity contribution in [2.24, 2.45) is 0 Å². The molecule has 5 nitrogen and oxygen atoms in total. The van der Waals surface area contributed by atoms with Gasteiger partial charge in [-0.3, -0.25) is 9.59 Å². The molecule has 2 aliphatic heterocycles. The normalized spacial score (nSPS) is 18.3. The van der Waals surface area contributed by atoms with Crippen LogP contribution in [0.25, 0.3) is 0 Å². The molecule has 2 heterocycles. The zero-order valence-corrected chi connectivity index (χ0v) is 19.7. The van der Waals surface area contributed by atoms with Crippen LogP contribution >= 0.6 is 0 Å². The topological polar surface area (TPSA) is 55.8 Å². The number of nitrogens with zero attached hydrogens (tertiary/aromatic N) is 1. The van der Waals surface area contributed by atoms with Crippen molar-refractivity contribution >= 4 is 11.7 Å². The van der Waals surface area contributed by atoms with Crippen LogP contribution in [0.4, 0.5) is 0 Å². The fraction of sp³-hybridized carbons (Fsp3) is 0.481. The summed E-state index contributed by atoms with van der Waals surface area (Å²) in [5.74, 6) is 1.97. The third-order valence-corrected chi connectivity index (χ3v) is 6.73. The van der Waals surface area contributed by atoms with E-state index in [2.05, 4.69) is 13.8 Å².